The topological polar surface area (TPSA) is 74.2 Å². The van der Waals surface area contributed by atoms with Crippen LogP contribution >= 0.6 is 24.0 Å². The fourth-order valence-corrected chi connectivity index (χ4v) is 2.19. The molecule has 0 aliphatic heterocycles. The Morgan fingerprint density at radius 1 is 1.15 bits per heavy atom. The van der Waals surface area contributed by atoms with Gasteiger partial charge in [-0.1, -0.05) is 29.8 Å². The molecule has 0 saturated heterocycles. The first-order chi connectivity index (χ1) is 12.4. The van der Waals surface area contributed by atoms with Gasteiger partial charge in [0.15, 0.2) is 5.96 Å². The predicted octanol–water partition coefficient (Wildman–Crippen LogP) is 3.20. The van der Waals surface area contributed by atoms with Crippen LogP contribution in [0.1, 0.15) is 16.8 Å². The van der Waals surface area contributed by atoms with Crippen molar-refractivity contribution in [2.24, 2.45) is 4.99 Å². The van der Waals surface area contributed by atoms with Crippen molar-refractivity contribution in [2.75, 3.05) is 25.5 Å². The first kappa shape index (κ1) is 22.9. The number of hydrogen-bond acceptors (Lipinski definition) is 4. The molecule has 6 nitrogen and oxygen atoms in total. The molecule has 1 aromatic carbocycles. The Morgan fingerprint density at radius 2 is 1.93 bits per heavy atom. The van der Waals surface area contributed by atoms with Gasteiger partial charge in [-0.2, -0.15) is 13.2 Å². The lowest BCUT2D eigenvalue weighted by atomic mass is 10.1. The molecule has 0 atom stereocenters. The van der Waals surface area contributed by atoms with Crippen LogP contribution in [0.4, 0.5) is 19.1 Å². The third kappa shape index (κ3) is 7.97. The molecule has 10 heteroatoms. The van der Waals surface area contributed by atoms with E-state index in [0.717, 1.165) is 17.8 Å². The minimum absolute atomic E-state index is 0. The molecule has 3 N–H and O–H groups in total. The number of aromatic nitrogens is 2. The SMILES string of the molecule is CN=C(NCCNc1nccc(C(F)(F)F)n1)NCc1cccc(C)c1.I. The second kappa shape index (κ2) is 10.9. The maximum atomic E-state index is 12.6. The number of aliphatic imine (C=N–C) groups is 1. The van der Waals surface area contributed by atoms with Crippen LogP contribution in [0.25, 0.3) is 0 Å². The molecule has 1 heterocycles. The number of halogens is 4. The summed E-state index contributed by atoms with van der Waals surface area (Å²) in [6.45, 7) is 3.42. The molecule has 0 aliphatic rings. The Labute approximate surface area is 173 Å². The van der Waals surface area contributed by atoms with Crippen LogP contribution < -0.4 is 16.0 Å². The number of alkyl halides is 3. The van der Waals surface area contributed by atoms with Crippen molar-refractivity contribution in [1.29, 1.82) is 0 Å². The number of nitrogens with zero attached hydrogens (tertiary/aromatic N) is 3. The lowest BCUT2D eigenvalue weighted by Gasteiger charge is -2.13. The summed E-state index contributed by atoms with van der Waals surface area (Å²) in [4.78, 5) is 11.3. The van der Waals surface area contributed by atoms with Gasteiger partial charge in [0.25, 0.3) is 0 Å². The molecule has 0 radical (unpaired) electrons. The number of guanidine groups is 1. The van der Waals surface area contributed by atoms with Crippen molar-refractivity contribution < 1.29 is 13.2 Å². The van der Waals surface area contributed by atoms with E-state index >= 15 is 0 Å². The van der Waals surface area contributed by atoms with Crippen LogP contribution in [0.5, 0.6) is 0 Å². The Bertz CT molecular complexity index is 751. The van der Waals surface area contributed by atoms with Crippen LogP contribution in [0, 0.1) is 6.92 Å². The molecule has 0 spiro atoms. The van der Waals surface area contributed by atoms with Crippen molar-refractivity contribution in [3.63, 3.8) is 0 Å². The van der Waals surface area contributed by atoms with Gasteiger partial charge >= 0.3 is 6.18 Å². The number of anilines is 1. The lowest BCUT2D eigenvalue weighted by molar-refractivity contribution is -0.141. The van der Waals surface area contributed by atoms with Crippen LogP contribution in [-0.4, -0.2) is 36.1 Å². The third-order valence-electron chi connectivity index (χ3n) is 3.41. The van der Waals surface area contributed by atoms with Crippen LogP contribution in [-0.2, 0) is 12.7 Å². The molecule has 1 aromatic heterocycles. The van der Waals surface area contributed by atoms with E-state index in [9.17, 15) is 13.2 Å². The van der Waals surface area contributed by atoms with Crippen molar-refractivity contribution in [2.45, 2.75) is 19.6 Å². The zero-order valence-corrected chi connectivity index (χ0v) is 17.3. The lowest BCUT2D eigenvalue weighted by Crippen LogP contribution is -2.39. The molecule has 0 bridgehead atoms. The molecule has 2 rings (SSSR count). The molecule has 2 aromatic rings. The molecule has 27 heavy (non-hydrogen) atoms. The van der Waals surface area contributed by atoms with Gasteiger partial charge in [-0.15, -0.1) is 24.0 Å². The number of nitrogens with one attached hydrogen (secondary N) is 3. The summed E-state index contributed by atoms with van der Waals surface area (Å²) in [5.41, 5.74) is 1.33. The zero-order chi connectivity index (χ0) is 19.0. The summed E-state index contributed by atoms with van der Waals surface area (Å²) in [6, 6.07) is 8.94. The highest BCUT2D eigenvalue weighted by Crippen LogP contribution is 2.27. The fourth-order valence-electron chi connectivity index (χ4n) is 2.19. The Kier molecular flexibility index (Phi) is 9.26. The summed E-state index contributed by atoms with van der Waals surface area (Å²) in [6.07, 6.45) is -3.41. The van der Waals surface area contributed by atoms with Gasteiger partial charge in [0.05, 0.1) is 0 Å². The van der Waals surface area contributed by atoms with Crippen LogP contribution in [0.2, 0.25) is 0 Å². The van der Waals surface area contributed by atoms with E-state index in [2.05, 4.69) is 37.0 Å². The van der Waals surface area contributed by atoms with E-state index in [0.29, 0.717) is 25.6 Å². The highest BCUT2D eigenvalue weighted by Gasteiger charge is 2.32. The van der Waals surface area contributed by atoms with Gasteiger partial charge in [-0.05, 0) is 18.6 Å². The van der Waals surface area contributed by atoms with E-state index in [-0.39, 0.29) is 29.9 Å². The smallest absolute Gasteiger partial charge is 0.355 e. The molecular weight excluding hydrogens is 472 g/mol. The summed E-state index contributed by atoms with van der Waals surface area (Å²) < 4.78 is 37.8. The predicted molar refractivity (Wildman–Crippen MR) is 110 cm³/mol. The molecular formula is C17H22F3IN6. The van der Waals surface area contributed by atoms with Crippen molar-refractivity contribution in [3.05, 3.63) is 53.3 Å². The summed E-state index contributed by atoms with van der Waals surface area (Å²) >= 11 is 0. The summed E-state index contributed by atoms with van der Waals surface area (Å²) in [5.74, 6) is 0.530. The van der Waals surface area contributed by atoms with E-state index in [1.54, 1.807) is 7.05 Å². The molecule has 0 amide bonds. The van der Waals surface area contributed by atoms with Crippen LogP contribution in [0.15, 0.2) is 41.5 Å². The van der Waals surface area contributed by atoms with E-state index in [1.165, 1.54) is 5.56 Å². The highest BCUT2D eigenvalue weighted by molar-refractivity contribution is 14.0. The van der Waals surface area contributed by atoms with Crippen LogP contribution in [0.3, 0.4) is 0 Å². The third-order valence-corrected chi connectivity index (χ3v) is 3.41. The summed E-state index contributed by atoms with van der Waals surface area (Å²) in [7, 11) is 1.65. The second-order valence-corrected chi connectivity index (χ2v) is 5.53. The Morgan fingerprint density at radius 3 is 2.59 bits per heavy atom. The molecule has 148 valence electrons. The standard InChI is InChI=1S/C17H21F3N6.HI/c1-12-4-3-5-13(10-12)11-25-15(21-2)23-8-9-24-16-22-7-6-14(26-16)17(18,19)20;/h3-7,10H,8-9,11H2,1-2H3,(H2,21,23,25)(H,22,24,26);1H. The molecule has 0 unspecified atom stereocenters. The van der Waals surface area contributed by atoms with Crippen molar-refractivity contribution >= 4 is 35.9 Å². The number of rotatable bonds is 6. The van der Waals surface area contributed by atoms with Gasteiger partial charge in [-0.25, -0.2) is 9.97 Å². The Hall–Kier alpha value is -2.11. The first-order valence-corrected chi connectivity index (χ1v) is 8.02. The van der Waals surface area contributed by atoms with Gasteiger partial charge < -0.3 is 16.0 Å². The average molecular weight is 494 g/mol. The zero-order valence-electron chi connectivity index (χ0n) is 15.0. The fraction of sp³-hybridized carbons (Fsp3) is 0.353. The van der Waals surface area contributed by atoms with Gasteiger partial charge in [0.1, 0.15) is 5.69 Å². The largest absolute Gasteiger partial charge is 0.433 e. The average Bonchev–Trinajstić information content (AvgIpc) is 2.61. The number of aryl methyl sites for hydroxylation is 1. The van der Waals surface area contributed by atoms with Gasteiger partial charge in [-0.3, -0.25) is 4.99 Å². The second-order valence-electron chi connectivity index (χ2n) is 5.53. The quantitative estimate of drug-likeness (QED) is 0.249. The van der Waals surface area contributed by atoms with Gasteiger partial charge in [0, 0.05) is 32.9 Å². The maximum absolute atomic E-state index is 12.6. The first-order valence-electron chi connectivity index (χ1n) is 8.02. The number of benzene rings is 1. The summed E-state index contributed by atoms with van der Waals surface area (Å²) in [5, 5.41) is 8.99. The molecule has 0 saturated carbocycles. The normalized spacial score (nSPS) is 11.5. The van der Waals surface area contributed by atoms with E-state index < -0.39 is 11.9 Å². The maximum Gasteiger partial charge on any atom is 0.433 e. The number of hydrogen-bond donors (Lipinski definition) is 3. The minimum Gasteiger partial charge on any atom is -0.355 e. The monoisotopic (exact) mass is 494 g/mol. The highest BCUT2D eigenvalue weighted by atomic mass is 127. The van der Waals surface area contributed by atoms with Gasteiger partial charge in [0.2, 0.25) is 5.95 Å². The molecule has 0 fully saturated rings. The Balaban J connectivity index is 0.00000364. The minimum atomic E-state index is -4.49. The molecule has 0 aliphatic carbocycles. The van der Waals surface area contributed by atoms with Crippen molar-refractivity contribution in [1.82, 2.24) is 20.6 Å². The van der Waals surface area contributed by atoms with Crippen molar-refractivity contribution in [3.8, 4) is 0 Å². The van der Waals surface area contributed by atoms with E-state index in [4.69, 9.17) is 0 Å². The van der Waals surface area contributed by atoms with E-state index in [1.807, 2.05) is 25.1 Å².